The Morgan fingerprint density at radius 1 is 1.06 bits per heavy atom. The number of thioether (sulfide) groups is 1. The summed E-state index contributed by atoms with van der Waals surface area (Å²) in [6.45, 7) is 4.48. The van der Waals surface area contributed by atoms with Crippen LogP contribution in [0.4, 0.5) is 0 Å². The molecule has 1 aromatic carbocycles. The summed E-state index contributed by atoms with van der Waals surface area (Å²) in [5.41, 5.74) is 6.15. The highest BCUT2D eigenvalue weighted by Crippen LogP contribution is 2.34. The third-order valence-electron chi connectivity index (χ3n) is 4.02. The van der Waals surface area contributed by atoms with Gasteiger partial charge in [-0.25, -0.2) is 0 Å². The maximum atomic E-state index is 4.90. The van der Waals surface area contributed by atoms with Crippen LogP contribution in [0.2, 0.25) is 0 Å². The predicted molar refractivity (Wildman–Crippen MR) is 80.9 cm³/mol. The van der Waals surface area contributed by atoms with Crippen molar-refractivity contribution in [3.05, 3.63) is 34.4 Å². The molecule has 0 N–H and O–H groups in total. The van der Waals surface area contributed by atoms with Gasteiger partial charge in [0.1, 0.15) is 0 Å². The zero-order valence-electron chi connectivity index (χ0n) is 11.5. The molecule has 0 aromatic heterocycles. The zero-order chi connectivity index (χ0) is 12.8. The maximum Gasteiger partial charge on any atom is 0.0983 e. The summed E-state index contributed by atoms with van der Waals surface area (Å²) < 4.78 is 0. The van der Waals surface area contributed by atoms with Crippen LogP contribution in [0.3, 0.4) is 0 Å². The van der Waals surface area contributed by atoms with Crippen LogP contribution in [-0.4, -0.2) is 16.8 Å². The molecule has 1 aromatic rings. The molecule has 1 nitrogen and oxygen atoms in total. The van der Waals surface area contributed by atoms with E-state index in [4.69, 9.17) is 4.99 Å². The van der Waals surface area contributed by atoms with Gasteiger partial charge in [-0.1, -0.05) is 6.07 Å². The molecule has 0 amide bonds. The number of rotatable bonds is 0. The van der Waals surface area contributed by atoms with E-state index in [0.29, 0.717) is 0 Å². The van der Waals surface area contributed by atoms with E-state index in [2.05, 4.69) is 32.2 Å². The lowest BCUT2D eigenvalue weighted by atomic mass is 9.83. The fourth-order valence-corrected chi connectivity index (χ4v) is 3.93. The molecule has 1 heterocycles. The largest absolute Gasteiger partial charge is 0.271 e. The molecule has 1 aliphatic carbocycles. The highest BCUT2D eigenvalue weighted by Gasteiger charge is 2.27. The molecule has 0 atom stereocenters. The Morgan fingerprint density at radius 3 is 2.39 bits per heavy atom. The second-order valence-electron chi connectivity index (χ2n) is 6.10. The second-order valence-corrected chi connectivity index (χ2v) is 6.89. The van der Waals surface area contributed by atoms with Gasteiger partial charge in [-0.05, 0) is 75.0 Å². The SMILES string of the molecule is CSC1=NC(C)(C)Cc2cc3c(cc21)CCCC3. The monoisotopic (exact) mass is 259 g/mol. The molecule has 0 radical (unpaired) electrons. The molecular weight excluding hydrogens is 238 g/mol. The minimum absolute atomic E-state index is 0.0637. The third kappa shape index (κ3) is 2.11. The van der Waals surface area contributed by atoms with Gasteiger partial charge in [-0.2, -0.15) is 0 Å². The first-order valence-electron chi connectivity index (χ1n) is 6.88. The number of nitrogens with zero attached hydrogens (tertiary/aromatic N) is 1. The number of fused-ring (bicyclic) bond motifs is 2. The van der Waals surface area contributed by atoms with Crippen LogP contribution in [0.5, 0.6) is 0 Å². The topological polar surface area (TPSA) is 12.4 Å². The molecule has 0 fully saturated rings. The molecule has 0 saturated carbocycles. The lowest BCUT2D eigenvalue weighted by Crippen LogP contribution is -2.28. The van der Waals surface area contributed by atoms with Crippen LogP contribution < -0.4 is 0 Å². The molecule has 1 aliphatic heterocycles. The van der Waals surface area contributed by atoms with Gasteiger partial charge in [0.15, 0.2) is 0 Å². The first kappa shape index (κ1) is 12.3. The number of benzene rings is 1. The molecule has 0 unspecified atom stereocenters. The van der Waals surface area contributed by atoms with Crippen molar-refractivity contribution in [2.45, 2.75) is 51.5 Å². The van der Waals surface area contributed by atoms with Gasteiger partial charge < -0.3 is 0 Å². The Labute approximate surface area is 114 Å². The maximum absolute atomic E-state index is 4.90. The number of hydrogen-bond acceptors (Lipinski definition) is 2. The van der Waals surface area contributed by atoms with Gasteiger partial charge in [0.2, 0.25) is 0 Å². The molecular formula is C16H21NS. The summed E-state index contributed by atoms with van der Waals surface area (Å²) in [7, 11) is 0. The quantitative estimate of drug-likeness (QED) is 0.686. The van der Waals surface area contributed by atoms with E-state index in [1.54, 1.807) is 22.9 Å². The van der Waals surface area contributed by atoms with Crippen LogP contribution >= 0.6 is 11.8 Å². The first-order chi connectivity index (χ1) is 8.59. The Hall–Kier alpha value is -0.760. The Kier molecular flexibility index (Phi) is 3.01. The van der Waals surface area contributed by atoms with Gasteiger partial charge in [0.05, 0.1) is 10.6 Å². The average Bonchev–Trinajstić information content (AvgIpc) is 2.34. The highest BCUT2D eigenvalue weighted by molar-refractivity contribution is 8.13. The second kappa shape index (κ2) is 4.41. The van der Waals surface area contributed by atoms with Crippen LogP contribution in [-0.2, 0) is 19.3 Å². The van der Waals surface area contributed by atoms with Gasteiger partial charge in [-0.15, -0.1) is 11.8 Å². The van der Waals surface area contributed by atoms with Gasteiger partial charge >= 0.3 is 0 Å². The summed E-state index contributed by atoms with van der Waals surface area (Å²) in [4.78, 5) is 4.90. The van der Waals surface area contributed by atoms with Crippen LogP contribution in [0.1, 0.15) is 48.9 Å². The normalized spacial score (nSPS) is 20.9. The van der Waals surface area contributed by atoms with Crippen LogP contribution in [0.15, 0.2) is 17.1 Å². The smallest absolute Gasteiger partial charge is 0.0983 e. The fraction of sp³-hybridized carbons (Fsp3) is 0.562. The lowest BCUT2D eigenvalue weighted by molar-refractivity contribution is 0.514. The Bertz CT molecular complexity index is 514. The van der Waals surface area contributed by atoms with Crippen molar-refractivity contribution in [3.8, 4) is 0 Å². The van der Waals surface area contributed by atoms with Crippen molar-refractivity contribution >= 4 is 16.8 Å². The van der Waals surface area contributed by atoms with Crippen LogP contribution in [0, 0.1) is 0 Å². The molecule has 96 valence electrons. The van der Waals surface area contributed by atoms with Crippen molar-refractivity contribution in [1.29, 1.82) is 0 Å². The number of hydrogen-bond donors (Lipinski definition) is 0. The molecule has 18 heavy (non-hydrogen) atoms. The minimum atomic E-state index is 0.0637. The van der Waals surface area contributed by atoms with E-state index < -0.39 is 0 Å². The Balaban J connectivity index is 2.12. The van der Waals surface area contributed by atoms with Crippen molar-refractivity contribution < 1.29 is 0 Å². The molecule has 3 rings (SSSR count). The molecule has 0 saturated heterocycles. The average molecular weight is 259 g/mol. The number of aliphatic imine (C=N–C) groups is 1. The van der Waals surface area contributed by atoms with E-state index in [-0.39, 0.29) is 5.54 Å². The van der Waals surface area contributed by atoms with Gasteiger partial charge in [0, 0.05) is 5.56 Å². The highest BCUT2D eigenvalue weighted by atomic mass is 32.2. The Morgan fingerprint density at radius 2 is 1.72 bits per heavy atom. The van der Waals surface area contributed by atoms with Crippen molar-refractivity contribution in [3.63, 3.8) is 0 Å². The van der Waals surface area contributed by atoms with Crippen molar-refractivity contribution in [1.82, 2.24) is 0 Å². The lowest BCUT2D eigenvalue weighted by Gasteiger charge is -2.30. The van der Waals surface area contributed by atoms with Gasteiger partial charge in [-0.3, -0.25) is 4.99 Å². The third-order valence-corrected chi connectivity index (χ3v) is 4.72. The van der Waals surface area contributed by atoms with E-state index in [9.17, 15) is 0 Å². The van der Waals surface area contributed by atoms with E-state index >= 15 is 0 Å². The first-order valence-corrected chi connectivity index (χ1v) is 8.10. The molecule has 2 heteroatoms. The minimum Gasteiger partial charge on any atom is -0.271 e. The summed E-state index contributed by atoms with van der Waals surface area (Å²) in [6.07, 6.45) is 8.47. The predicted octanol–water partition coefficient (Wildman–Crippen LogP) is 4.01. The summed E-state index contributed by atoms with van der Waals surface area (Å²) in [5, 5.41) is 1.23. The molecule has 0 spiro atoms. The van der Waals surface area contributed by atoms with Crippen LogP contribution in [0.25, 0.3) is 0 Å². The van der Waals surface area contributed by atoms with Crippen molar-refractivity contribution in [2.24, 2.45) is 4.99 Å². The summed E-state index contributed by atoms with van der Waals surface area (Å²) in [5.74, 6) is 0. The zero-order valence-corrected chi connectivity index (χ0v) is 12.4. The van der Waals surface area contributed by atoms with E-state index in [0.717, 1.165) is 6.42 Å². The molecule has 2 aliphatic rings. The fourth-order valence-electron chi connectivity index (χ4n) is 3.18. The van der Waals surface area contributed by atoms with E-state index in [1.807, 2.05) is 0 Å². The summed E-state index contributed by atoms with van der Waals surface area (Å²) >= 11 is 1.79. The summed E-state index contributed by atoms with van der Waals surface area (Å²) in [6, 6.07) is 4.89. The standard InChI is InChI=1S/C16H21NS/c1-16(2)10-13-8-11-6-4-5-7-12(11)9-14(13)15(17-16)18-3/h8-9H,4-7,10H2,1-3H3. The number of aryl methyl sites for hydroxylation is 2. The van der Waals surface area contributed by atoms with Gasteiger partial charge in [0.25, 0.3) is 0 Å². The van der Waals surface area contributed by atoms with E-state index in [1.165, 1.54) is 41.9 Å². The molecule has 0 bridgehead atoms. The van der Waals surface area contributed by atoms with Crippen molar-refractivity contribution in [2.75, 3.05) is 6.26 Å².